The van der Waals surface area contributed by atoms with Gasteiger partial charge in [-0.2, -0.15) is 5.10 Å². The van der Waals surface area contributed by atoms with Crippen LogP contribution >= 0.6 is 0 Å². The Hall–Kier alpha value is -2.77. The average molecular weight is 388 g/mol. The van der Waals surface area contributed by atoms with Crippen LogP contribution in [0.5, 0.6) is 0 Å². The van der Waals surface area contributed by atoms with Crippen molar-refractivity contribution in [3.8, 4) is 0 Å². The molecule has 0 unspecified atom stereocenters. The van der Waals surface area contributed by atoms with Gasteiger partial charge in [-0.3, -0.25) is 14.3 Å². The number of fused-ring (bicyclic) bond motifs is 1. The van der Waals surface area contributed by atoms with Gasteiger partial charge in [0.05, 0.1) is 6.42 Å². The zero-order chi connectivity index (χ0) is 19.7. The quantitative estimate of drug-likeness (QED) is 0.809. The Kier molecular flexibility index (Phi) is 5.11. The third-order valence-corrected chi connectivity index (χ3v) is 5.41. The van der Waals surface area contributed by atoms with Gasteiger partial charge in [0.1, 0.15) is 11.6 Å². The first-order valence-corrected chi connectivity index (χ1v) is 9.59. The Labute approximate surface area is 161 Å². The molecule has 0 aliphatic carbocycles. The predicted octanol–water partition coefficient (Wildman–Crippen LogP) is 2.02. The predicted molar refractivity (Wildman–Crippen MR) is 97.7 cm³/mol. The molecule has 0 spiro atoms. The molecule has 4 rings (SSSR count). The number of aromatic nitrogens is 2. The van der Waals surface area contributed by atoms with E-state index in [4.69, 9.17) is 0 Å². The molecule has 6 nitrogen and oxygen atoms in total. The second kappa shape index (κ2) is 7.69. The van der Waals surface area contributed by atoms with Crippen LogP contribution in [0.1, 0.15) is 34.6 Å². The Morgan fingerprint density at radius 2 is 1.71 bits per heavy atom. The third-order valence-electron chi connectivity index (χ3n) is 5.41. The molecule has 0 atom stereocenters. The van der Waals surface area contributed by atoms with Crippen LogP contribution in [0, 0.1) is 11.6 Å². The van der Waals surface area contributed by atoms with Crippen molar-refractivity contribution in [2.45, 2.75) is 32.2 Å². The van der Waals surface area contributed by atoms with Crippen LogP contribution in [0.25, 0.3) is 0 Å². The normalized spacial score (nSPS) is 16.8. The minimum absolute atomic E-state index is 0.112. The molecule has 1 fully saturated rings. The Morgan fingerprint density at radius 1 is 0.964 bits per heavy atom. The monoisotopic (exact) mass is 388 g/mol. The van der Waals surface area contributed by atoms with Gasteiger partial charge in [0.25, 0.3) is 5.91 Å². The molecule has 2 aliphatic rings. The highest BCUT2D eigenvalue weighted by Gasteiger charge is 2.27. The number of aryl methyl sites for hydroxylation is 2. The highest BCUT2D eigenvalue weighted by atomic mass is 19.1. The zero-order valence-corrected chi connectivity index (χ0v) is 15.5. The number of amides is 2. The van der Waals surface area contributed by atoms with Gasteiger partial charge in [-0.1, -0.05) is 6.07 Å². The summed E-state index contributed by atoms with van der Waals surface area (Å²) in [6.45, 7) is 2.46. The fourth-order valence-corrected chi connectivity index (χ4v) is 3.78. The Morgan fingerprint density at radius 3 is 2.43 bits per heavy atom. The minimum atomic E-state index is -0.717. The number of halogens is 2. The van der Waals surface area contributed by atoms with Gasteiger partial charge in [0.15, 0.2) is 5.69 Å². The summed E-state index contributed by atoms with van der Waals surface area (Å²) in [4.78, 5) is 28.5. The second-order valence-electron chi connectivity index (χ2n) is 7.29. The second-order valence-corrected chi connectivity index (χ2v) is 7.29. The van der Waals surface area contributed by atoms with E-state index in [1.54, 1.807) is 9.80 Å². The van der Waals surface area contributed by atoms with E-state index in [0.717, 1.165) is 43.6 Å². The van der Waals surface area contributed by atoms with E-state index in [-0.39, 0.29) is 23.8 Å². The highest BCUT2D eigenvalue weighted by molar-refractivity contribution is 5.92. The van der Waals surface area contributed by atoms with E-state index in [1.807, 2.05) is 10.7 Å². The summed E-state index contributed by atoms with van der Waals surface area (Å²) >= 11 is 0. The molecular weight excluding hydrogens is 366 g/mol. The summed E-state index contributed by atoms with van der Waals surface area (Å²) in [6.07, 6.45) is 3.03. The Bertz CT molecular complexity index is 880. The number of nitrogens with zero attached hydrogens (tertiary/aromatic N) is 4. The molecule has 2 aromatic rings. The molecule has 3 heterocycles. The summed E-state index contributed by atoms with van der Waals surface area (Å²) in [5.41, 5.74) is 1.74. The van der Waals surface area contributed by atoms with E-state index in [0.29, 0.717) is 31.9 Å². The van der Waals surface area contributed by atoms with Gasteiger partial charge in [-0.15, -0.1) is 0 Å². The van der Waals surface area contributed by atoms with Gasteiger partial charge in [-0.25, -0.2) is 8.78 Å². The lowest BCUT2D eigenvalue weighted by atomic mass is 10.1. The summed E-state index contributed by atoms with van der Waals surface area (Å²) < 4.78 is 28.7. The number of carbonyl (C=O) groups is 2. The largest absolute Gasteiger partial charge is 0.339 e. The van der Waals surface area contributed by atoms with Crippen molar-refractivity contribution in [2.75, 3.05) is 26.2 Å². The lowest BCUT2D eigenvalue weighted by Gasteiger charge is -2.34. The standard InChI is InChI=1S/C20H22F2N4O2/c21-15-5-4-14(17(22)12-15)11-19(27)24-7-9-25(10-8-24)20(28)18-13-16-3-1-2-6-26(16)23-18/h4-5,12-13H,1-3,6-11H2. The minimum Gasteiger partial charge on any atom is -0.339 e. The van der Waals surface area contributed by atoms with Crippen molar-refractivity contribution in [2.24, 2.45) is 0 Å². The van der Waals surface area contributed by atoms with Gasteiger partial charge in [0.2, 0.25) is 5.91 Å². The first kappa shape index (κ1) is 18.6. The summed E-state index contributed by atoms with van der Waals surface area (Å²) in [7, 11) is 0. The number of piperazine rings is 1. The molecule has 1 saturated heterocycles. The van der Waals surface area contributed by atoms with Crippen LogP contribution in [0.3, 0.4) is 0 Å². The Balaban J connectivity index is 1.34. The molecule has 0 N–H and O–H groups in total. The number of carbonyl (C=O) groups excluding carboxylic acids is 2. The molecular formula is C20H22F2N4O2. The average Bonchev–Trinajstić information content (AvgIpc) is 3.14. The molecule has 148 valence electrons. The van der Waals surface area contributed by atoms with Crippen molar-refractivity contribution in [3.63, 3.8) is 0 Å². The van der Waals surface area contributed by atoms with Gasteiger partial charge in [0, 0.05) is 44.5 Å². The number of hydrogen-bond donors (Lipinski definition) is 0. The van der Waals surface area contributed by atoms with Crippen molar-refractivity contribution in [1.82, 2.24) is 19.6 Å². The van der Waals surface area contributed by atoms with Crippen LogP contribution < -0.4 is 0 Å². The maximum Gasteiger partial charge on any atom is 0.274 e. The number of rotatable bonds is 3. The first-order chi connectivity index (χ1) is 13.5. The first-order valence-electron chi connectivity index (χ1n) is 9.59. The molecule has 1 aromatic carbocycles. The molecule has 1 aromatic heterocycles. The number of benzene rings is 1. The maximum atomic E-state index is 13.8. The smallest absolute Gasteiger partial charge is 0.274 e. The highest BCUT2D eigenvalue weighted by Crippen LogP contribution is 2.17. The van der Waals surface area contributed by atoms with Crippen LogP contribution in [0.4, 0.5) is 8.78 Å². The SMILES string of the molecule is O=C(Cc1ccc(F)cc1F)N1CCN(C(=O)c2cc3n(n2)CCCC3)CC1. The van der Waals surface area contributed by atoms with E-state index in [2.05, 4.69) is 5.10 Å². The van der Waals surface area contributed by atoms with Crippen LogP contribution in [0.15, 0.2) is 24.3 Å². The maximum absolute atomic E-state index is 13.8. The molecule has 2 amide bonds. The molecule has 0 bridgehead atoms. The van der Waals surface area contributed by atoms with Gasteiger partial charge in [-0.05, 0) is 37.0 Å². The molecule has 28 heavy (non-hydrogen) atoms. The van der Waals surface area contributed by atoms with Crippen molar-refractivity contribution < 1.29 is 18.4 Å². The summed E-state index contributed by atoms with van der Waals surface area (Å²) in [6, 6.07) is 5.09. The third kappa shape index (κ3) is 3.76. The molecule has 0 saturated carbocycles. The van der Waals surface area contributed by atoms with Crippen molar-refractivity contribution in [1.29, 1.82) is 0 Å². The number of hydrogen-bond acceptors (Lipinski definition) is 3. The van der Waals surface area contributed by atoms with Crippen LogP contribution in [-0.4, -0.2) is 57.6 Å². The molecule has 2 aliphatic heterocycles. The van der Waals surface area contributed by atoms with Gasteiger partial charge >= 0.3 is 0 Å². The topological polar surface area (TPSA) is 58.4 Å². The molecule has 0 radical (unpaired) electrons. The van der Waals surface area contributed by atoms with E-state index in [9.17, 15) is 18.4 Å². The van der Waals surface area contributed by atoms with E-state index in [1.165, 1.54) is 6.07 Å². The van der Waals surface area contributed by atoms with Crippen LogP contribution in [-0.2, 0) is 24.2 Å². The fraction of sp³-hybridized carbons (Fsp3) is 0.450. The van der Waals surface area contributed by atoms with Gasteiger partial charge < -0.3 is 9.80 Å². The molecule has 8 heteroatoms. The fourth-order valence-electron chi connectivity index (χ4n) is 3.78. The van der Waals surface area contributed by atoms with Crippen molar-refractivity contribution in [3.05, 3.63) is 52.9 Å². The lowest BCUT2D eigenvalue weighted by molar-refractivity contribution is -0.132. The summed E-state index contributed by atoms with van der Waals surface area (Å²) in [5.74, 6) is -1.72. The van der Waals surface area contributed by atoms with Crippen molar-refractivity contribution >= 4 is 11.8 Å². The summed E-state index contributed by atoms with van der Waals surface area (Å²) in [5, 5.41) is 4.43. The lowest BCUT2D eigenvalue weighted by Crippen LogP contribution is -2.51. The zero-order valence-electron chi connectivity index (χ0n) is 15.5. The van der Waals surface area contributed by atoms with Crippen LogP contribution in [0.2, 0.25) is 0 Å². The van der Waals surface area contributed by atoms with E-state index >= 15 is 0 Å². The van der Waals surface area contributed by atoms with E-state index < -0.39 is 11.6 Å².